The molecule has 1 aliphatic heterocycles. The highest BCUT2D eigenvalue weighted by Crippen LogP contribution is 2.20. The lowest BCUT2D eigenvalue weighted by atomic mass is 10.1. The van der Waals surface area contributed by atoms with Gasteiger partial charge < -0.3 is 20.4 Å². The zero-order valence-electron chi connectivity index (χ0n) is 46.8. The van der Waals surface area contributed by atoms with E-state index in [1.54, 1.807) is 0 Å². The van der Waals surface area contributed by atoms with Gasteiger partial charge in [0.15, 0.2) is 10.2 Å². The molecule has 0 saturated carbocycles. The second-order valence-corrected chi connectivity index (χ2v) is 24.0. The number of hydrogen-bond acceptors (Lipinski definition) is 12. The topological polar surface area (TPSA) is 128 Å². The fourth-order valence-electron chi connectivity index (χ4n) is 10.2. The van der Waals surface area contributed by atoms with Gasteiger partial charge >= 0.3 is 0 Å². The summed E-state index contributed by atoms with van der Waals surface area (Å²) >= 11 is 2.91. The van der Waals surface area contributed by atoms with Crippen LogP contribution >= 0.6 is 23.5 Å². The highest BCUT2D eigenvalue weighted by Gasteiger charge is 2.29. The Balaban J connectivity index is 2.48. The fraction of sp³-hybridized carbons (Fsp3) is 0.966. The van der Waals surface area contributed by atoms with E-state index in [-0.39, 0.29) is 10.2 Å². The van der Waals surface area contributed by atoms with Crippen molar-refractivity contribution in [2.24, 2.45) is 0 Å². The van der Waals surface area contributed by atoms with Crippen molar-refractivity contribution >= 4 is 33.8 Å². The van der Waals surface area contributed by atoms with Crippen LogP contribution in [0.3, 0.4) is 0 Å². The smallest absolute Gasteiger partial charge is 0.189 e. The molecule has 1 heterocycles. The zero-order valence-corrected chi connectivity index (χ0v) is 48.4. The monoisotopic (exact) mass is 1030 g/mol. The van der Waals surface area contributed by atoms with E-state index in [9.17, 15) is 30.0 Å². The quantitative estimate of drug-likeness (QED) is 0.0433. The number of carbonyl (C=O) groups is 2. The predicted octanol–water partition coefficient (Wildman–Crippen LogP) is 12.5. The van der Waals surface area contributed by atoms with Crippen LogP contribution < -0.4 is 0 Å². The molecule has 1 saturated heterocycles. The first-order valence-corrected chi connectivity index (χ1v) is 31.8. The molecule has 4 N–H and O–H groups in total. The molecule has 416 valence electrons. The maximum Gasteiger partial charge on any atom is 0.189 e. The summed E-state index contributed by atoms with van der Waals surface area (Å²) in [6.07, 6.45) is 33.1. The Morgan fingerprint density at radius 1 is 0.429 bits per heavy atom. The number of aliphatic hydroxyl groups excluding tert-OH is 4. The van der Waals surface area contributed by atoms with Gasteiger partial charge in [-0.05, 0) is 65.5 Å². The minimum Gasteiger partial charge on any atom is -0.392 e. The van der Waals surface area contributed by atoms with Crippen LogP contribution in [0.5, 0.6) is 0 Å². The van der Waals surface area contributed by atoms with Gasteiger partial charge in [0.05, 0.1) is 24.4 Å². The first-order valence-electron chi connectivity index (χ1n) is 29.9. The molecule has 10 nitrogen and oxygen atoms in total. The van der Waals surface area contributed by atoms with E-state index >= 15 is 0 Å². The van der Waals surface area contributed by atoms with Gasteiger partial charge in [0.2, 0.25) is 0 Å². The van der Waals surface area contributed by atoms with Gasteiger partial charge in [0.25, 0.3) is 0 Å². The molecule has 70 heavy (non-hydrogen) atoms. The molecule has 0 bridgehead atoms. The van der Waals surface area contributed by atoms with Crippen LogP contribution in [0.2, 0.25) is 0 Å². The summed E-state index contributed by atoms with van der Waals surface area (Å²) in [4.78, 5) is 35.6. The van der Waals surface area contributed by atoms with Gasteiger partial charge in [-0.2, -0.15) is 0 Å². The normalized spacial score (nSPS) is 17.7. The van der Waals surface area contributed by atoms with Crippen molar-refractivity contribution in [2.45, 2.75) is 284 Å². The van der Waals surface area contributed by atoms with E-state index in [0.717, 1.165) is 115 Å². The van der Waals surface area contributed by atoms with Crippen molar-refractivity contribution in [3.63, 3.8) is 0 Å². The van der Waals surface area contributed by atoms with E-state index in [1.807, 2.05) is 0 Å². The van der Waals surface area contributed by atoms with Crippen molar-refractivity contribution in [1.29, 1.82) is 0 Å². The second kappa shape index (κ2) is 47.2. The van der Waals surface area contributed by atoms with Crippen molar-refractivity contribution in [1.82, 2.24) is 19.6 Å². The predicted molar refractivity (Wildman–Crippen MR) is 304 cm³/mol. The molecule has 1 rings (SSSR count). The van der Waals surface area contributed by atoms with Crippen LogP contribution in [-0.4, -0.2) is 164 Å². The minimum absolute atomic E-state index is 0.233. The second-order valence-electron chi connectivity index (χ2n) is 21.7. The zero-order chi connectivity index (χ0) is 51.5. The van der Waals surface area contributed by atoms with Gasteiger partial charge in [0, 0.05) is 88.8 Å². The van der Waals surface area contributed by atoms with Crippen LogP contribution in [0.15, 0.2) is 0 Å². The Hall–Kier alpha value is -0.280. The van der Waals surface area contributed by atoms with E-state index in [2.05, 4.69) is 61.1 Å². The summed E-state index contributed by atoms with van der Waals surface area (Å²) in [7, 11) is 0. The molecular weight excluding hydrogens is 913 g/mol. The van der Waals surface area contributed by atoms with Crippen molar-refractivity contribution in [3.8, 4) is 0 Å². The largest absolute Gasteiger partial charge is 0.392 e. The lowest BCUT2D eigenvalue weighted by Crippen LogP contribution is -2.57. The SMILES string of the molecule is CCCCCCCCC(O)CN(CCCC(=O)SCCN1CC(C)N(CCSC(=O)CCCN(CC(O)CCCCCCCC)CC(O)CCCCCCCC)CC1C)CC(O)CCCCCCCC. The molecule has 1 fully saturated rings. The Kier molecular flexibility index (Phi) is 45.7. The first kappa shape index (κ1) is 67.7. The molecule has 0 amide bonds. The number of carbonyl (C=O) groups excluding carboxylic acids is 2. The average Bonchev–Trinajstić information content (AvgIpc) is 3.32. The molecular formula is C58H116N4O6S2. The summed E-state index contributed by atoms with van der Waals surface area (Å²) in [5.41, 5.74) is 0. The molecule has 12 heteroatoms. The standard InChI is InChI=1S/C58H116N4O6S2/c1-7-11-15-19-23-27-33-53(63)47-59(48-54(64)34-28-24-20-16-12-8-2)39-31-37-57(67)69-43-41-61-45-52(6)62(46-51(61)5)42-44-70-58(68)38-32-40-60(49-55(65)35-29-25-21-17-13-9-3)50-56(66)36-30-26-22-18-14-10-4/h51-56,63-66H,7-50H2,1-6H3. The van der Waals surface area contributed by atoms with Gasteiger partial charge in [-0.15, -0.1) is 0 Å². The van der Waals surface area contributed by atoms with Gasteiger partial charge in [0.1, 0.15) is 0 Å². The van der Waals surface area contributed by atoms with Gasteiger partial charge in [-0.25, -0.2) is 0 Å². The summed E-state index contributed by atoms with van der Waals surface area (Å²) in [6, 6.07) is 0.760. The highest BCUT2D eigenvalue weighted by molar-refractivity contribution is 8.13. The average molecular weight is 1030 g/mol. The third-order valence-electron chi connectivity index (χ3n) is 14.7. The molecule has 6 atom stereocenters. The number of piperazine rings is 1. The van der Waals surface area contributed by atoms with E-state index < -0.39 is 24.4 Å². The van der Waals surface area contributed by atoms with E-state index in [4.69, 9.17) is 0 Å². The van der Waals surface area contributed by atoms with Crippen LogP contribution in [0, 0.1) is 0 Å². The summed E-state index contributed by atoms with van der Waals surface area (Å²) in [5.74, 6) is 1.57. The number of hydrogen-bond donors (Lipinski definition) is 4. The van der Waals surface area contributed by atoms with Crippen LogP contribution in [-0.2, 0) is 9.59 Å². The molecule has 0 spiro atoms. The molecule has 6 unspecified atom stereocenters. The maximum atomic E-state index is 13.1. The maximum absolute atomic E-state index is 13.1. The van der Waals surface area contributed by atoms with Crippen molar-refractivity contribution < 1.29 is 30.0 Å². The molecule has 1 aliphatic rings. The van der Waals surface area contributed by atoms with E-state index in [1.165, 1.54) is 152 Å². The summed E-state index contributed by atoms with van der Waals surface area (Å²) < 4.78 is 0. The third-order valence-corrected chi connectivity index (χ3v) is 16.5. The summed E-state index contributed by atoms with van der Waals surface area (Å²) in [5, 5.41) is 44.2. The Morgan fingerprint density at radius 3 is 0.957 bits per heavy atom. The van der Waals surface area contributed by atoms with Gasteiger partial charge in [-0.1, -0.05) is 205 Å². The lowest BCUT2D eigenvalue weighted by Gasteiger charge is -2.44. The van der Waals surface area contributed by atoms with Crippen molar-refractivity contribution in [2.75, 3.05) is 77.0 Å². The molecule has 0 aromatic rings. The number of thioether (sulfide) groups is 2. The van der Waals surface area contributed by atoms with Crippen LogP contribution in [0.1, 0.15) is 247 Å². The Morgan fingerprint density at radius 2 is 0.686 bits per heavy atom. The van der Waals surface area contributed by atoms with Crippen molar-refractivity contribution in [3.05, 3.63) is 0 Å². The number of aliphatic hydroxyl groups is 4. The van der Waals surface area contributed by atoms with Crippen LogP contribution in [0.4, 0.5) is 0 Å². The lowest BCUT2D eigenvalue weighted by molar-refractivity contribution is -0.112. The number of nitrogens with zero attached hydrogens (tertiary/aromatic N) is 4. The van der Waals surface area contributed by atoms with Gasteiger partial charge in [-0.3, -0.25) is 29.2 Å². The fourth-order valence-corrected chi connectivity index (χ4v) is 11.9. The number of rotatable bonds is 50. The first-order chi connectivity index (χ1) is 33.9. The molecule has 0 radical (unpaired) electrons. The minimum atomic E-state index is -0.395. The third kappa shape index (κ3) is 39.2. The molecule has 0 aromatic carbocycles. The molecule has 0 aliphatic carbocycles. The van der Waals surface area contributed by atoms with Crippen LogP contribution in [0.25, 0.3) is 0 Å². The Labute approximate surface area is 441 Å². The summed E-state index contributed by atoms with van der Waals surface area (Å²) in [6.45, 7) is 20.9. The van der Waals surface area contributed by atoms with E-state index in [0.29, 0.717) is 51.1 Å². The highest BCUT2D eigenvalue weighted by atomic mass is 32.2. The number of unbranched alkanes of at least 4 members (excludes halogenated alkanes) is 20. The Bertz CT molecular complexity index is 1060. The molecule has 0 aromatic heterocycles.